The van der Waals surface area contributed by atoms with Gasteiger partial charge in [0.15, 0.2) is 11.5 Å². The number of imidazole rings is 1. The number of H-pyrrole nitrogens is 1. The maximum atomic E-state index is 4.48. The molecule has 8 heteroatoms. The second-order valence-electron chi connectivity index (χ2n) is 7.91. The highest BCUT2D eigenvalue weighted by atomic mass is 15.4. The second kappa shape index (κ2) is 7.25. The predicted octanol–water partition coefficient (Wildman–Crippen LogP) is 2.91. The van der Waals surface area contributed by atoms with Crippen LogP contribution in [0.3, 0.4) is 0 Å². The Hall–Kier alpha value is -2.51. The topological polar surface area (TPSA) is 88.4 Å². The van der Waals surface area contributed by atoms with Crippen molar-refractivity contribution in [1.82, 2.24) is 34.9 Å². The lowest BCUT2D eigenvalue weighted by Gasteiger charge is -2.32. The predicted molar refractivity (Wildman–Crippen MR) is 102 cm³/mol. The van der Waals surface area contributed by atoms with Crippen molar-refractivity contribution in [2.45, 2.75) is 57.4 Å². The number of nitrogens with zero attached hydrogens (tertiary/aromatic N) is 7. The van der Waals surface area contributed by atoms with Crippen molar-refractivity contribution in [3.8, 4) is 0 Å². The summed E-state index contributed by atoms with van der Waals surface area (Å²) >= 11 is 0. The maximum Gasteiger partial charge on any atom is 0.182 e. The third-order valence-corrected chi connectivity index (χ3v) is 6.12. The molecule has 1 aliphatic heterocycles. The monoisotopic (exact) mass is 366 g/mol. The Morgan fingerprint density at radius 2 is 1.85 bits per heavy atom. The lowest BCUT2D eigenvalue weighted by Crippen LogP contribution is -2.35. The van der Waals surface area contributed by atoms with Crippen LogP contribution in [0.15, 0.2) is 18.9 Å². The molecule has 0 aromatic carbocycles. The van der Waals surface area contributed by atoms with E-state index in [1.54, 1.807) is 12.7 Å². The molecule has 1 aliphatic carbocycles. The summed E-state index contributed by atoms with van der Waals surface area (Å²) in [5.41, 5.74) is 2.82. The molecule has 1 saturated carbocycles. The van der Waals surface area contributed by atoms with Gasteiger partial charge in [0.05, 0.1) is 18.1 Å². The molecule has 2 aliphatic rings. The molecule has 0 unspecified atom stereocenters. The number of piperidine rings is 1. The first-order valence-electron chi connectivity index (χ1n) is 10.2. The van der Waals surface area contributed by atoms with Crippen LogP contribution in [0.1, 0.15) is 56.7 Å². The highest BCUT2D eigenvalue weighted by molar-refractivity contribution is 5.82. The fourth-order valence-corrected chi connectivity index (χ4v) is 4.61. The van der Waals surface area contributed by atoms with Crippen LogP contribution in [-0.4, -0.2) is 48.0 Å². The first-order valence-corrected chi connectivity index (χ1v) is 10.2. The number of aromatic amines is 1. The van der Waals surface area contributed by atoms with E-state index in [0.29, 0.717) is 6.04 Å². The molecular formula is C19H26N8. The molecule has 142 valence electrons. The third-order valence-electron chi connectivity index (χ3n) is 6.12. The van der Waals surface area contributed by atoms with E-state index in [9.17, 15) is 0 Å². The van der Waals surface area contributed by atoms with Crippen LogP contribution in [0.2, 0.25) is 0 Å². The van der Waals surface area contributed by atoms with E-state index in [0.717, 1.165) is 55.3 Å². The molecule has 3 aromatic rings. The zero-order valence-corrected chi connectivity index (χ0v) is 15.6. The van der Waals surface area contributed by atoms with Gasteiger partial charge < -0.3 is 9.88 Å². The van der Waals surface area contributed by atoms with Gasteiger partial charge in [0, 0.05) is 19.3 Å². The average molecular weight is 366 g/mol. The van der Waals surface area contributed by atoms with Crippen molar-refractivity contribution >= 4 is 17.0 Å². The fourth-order valence-electron chi connectivity index (χ4n) is 4.61. The Morgan fingerprint density at radius 3 is 2.70 bits per heavy atom. The molecule has 2 fully saturated rings. The molecule has 5 rings (SSSR count). The van der Waals surface area contributed by atoms with Crippen LogP contribution in [-0.2, 0) is 6.42 Å². The molecular weight excluding hydrogens is 340 g/mol. The summed E-state index contributed by atoms with van der Waals surface area (Å²) in [6, 6.07) is 0.424. The summed E-state index contributed by atoms with van der Waals surface area (Å²) in [6.45, 7) is 1.90. The first-order chi connectivity index (χ1) is 13.4. The van der Waals surface area contributed by atoms with Gasteiger partial charge in [0.25, 0.3) is 0 Å². The van der Waals surface area contributed by atoms with Crippen LogP contribution >= 0.6 is 0 Å². The number of hydrogen-bond donors (Lipinski definition) is 1. The summed E-state index contributed by atoms with van der Waals surface area (Å²) < 4.78 is 2.10. The van der Waals surface area contributed by atoms with E-state index in [1.807, 2.05) is 0 Å². The zero-order chi connectivity index (χ0) is 18.1. The molecule has 0 atom stereocenters. The van der Waals surface area contributed by atoms with E-state index >= 15 is 0 Å². The molecule has 27 heavy (non-hydrogen) atoms. The number of nitrogens with one attached hydrogen (secondary N) is 1. The second-order valence-corrected chi connectivity index (χ2v) is 7.91. The van der Waals surface area contributed by atoms with Gasteiger partial charge in [0.2, 0.25) is 0 Å². The van der Waals surface area contributed by atoms with Crippen molar-refractivity contribution in [3.63, 3.8) is 0 Å². The standard InChI is InChI=1S/C19H26N8/c1-2-4-14(5-3-1)10-15-11-27(25-24-15)16-6-8-26(9-7-16)19-17-18(21-12-20-17)22-13-23-19/h11-14,16H,1-10H2,(H,20,21,22,23). The zero-order valence-electron chi connectivity index (χ0n) is 15.6. The van der Waals surface area contributed by atoms with Crippen molar-refractivity contribution in [2.75, 3.05) is 18.0 Å². The summed E-state index contributed by atoms with van der Waals surface area (Å²) in [7, 11) is 0. The highest BCUT2D eigenvalue weighted by Crippen LogP contribution is 2.29. The number of rotatable bonds is 4. The van der Waals surface area contributed by atoms with E-state index < -0.39 is 0 Å². The van der Waals surface area contributed by atoms with Gasteiger partial charge in [0.1, 0.15) is 11.8 Å². The van der Waals surface area contributed by atoms with Crippen LogP contribution in [0.25, 0.3) is 11.2 Å². The minimum absolute atomic E-state index is 0.424. The van der Waals surface area contributed by atoms with Gasteiger partial charge in [-0.3, -0.25) is 0 Å². The Morgan fingerprint density at radius 1 is 1.00 bits per heavy atom. The van der Waals surface area contributed by atoms with E-state index in [4.69, 9.17) is 0 Å². The van der Waals surface area contributed by atoms with Crippen LogP contribution in [0, 0.1) is 5.92 Å². The third kappa shape index (κ3) is 3.40. The van der Waals surface area contributed by atoms with Crippen LogP contribution < -0.4 is 4.90 Å². The number of aromatic nitrogens is 7. The van der Waals surface area contributed by atoms with Gasteiger partial charge in [-0.25, -0.2) is 19.6 Å². The van der Waals surface area contributed by atoms with E-state index in [-0.39, 0.29) is 0 Å². The average Bonchev–Trinajstić information content (AvgIpc) is 3.38. The molecule has 0 bridgehead atoms. The molecule has 0 radical (unpaired) electrons. The minimum Gasteiger partial charge on any atom is -0.355 e. The van der Waals surface area contributed by atoms with Gasteiger partial charge >= 0.3 is 0 Å². The van der Waals surface area contributed by atoms with Crippen molar-refractivity contribution in [1.29, 1.82) is 0 Å². The maximum absolute atomic E-state index is 4.48. The summed E-state index contributed by atoms with van der Waals surface area (Å²) in [4.78, 5) is 18.4. The van der Waals surface area contributed by atoms with Crippen molar-refractivity contribution < 1.29 is 0 Å². The van der Waals surface area contributed by atoms with Gasteiger partial charge in [-0.15, -0.1) is 5.10 Å². The molecule has 3 aromatic heterocycles. The Kier molecular flexibility index (Phi) is 4.47. The van der Waals surface area contributed by atoms with Crippen LogP contribution in [0.4, 0.5) is 5.82 Å². The Labute approximate surface area is 158 Å². The molecule has 1 saturated heterocycles. The quantitative estimate of drug-likeness (QED) is 0.764. The number of fused-ring (bicyclic) bond motifs is 1. The van der Waals surface area contributed by atoms with E-state index in [2.05, 4.69) is 46.0 Å². The Balaban J connectivity index is 1.22. The first kappa shape index (κ1) is 16.6. The summed E-state index contributed by atoms with van der Waals surface area (Å²) in [5.74, 6) is 1.76. The van der Waals surface area contributed by atoms with E-state index in [1.165, 1.54) is 37.8 Å². The van der Waals surface area contributed by atoms with Gasteiger partial charge in [-0.1, -0.05) is 37.3 Å². The number of hydrogen-bond acceptors (Lipinski definition) is 6. The van der Waals surface area contributed by atoms with Crippen molar-refractivity contribution in [3.05, 3.63) is 24.5 Å². The molecule has 8 nitrogen and oxygen atoms in total. The molecule has 0 spiro atoms. The number of anilines is 1. The lowest BCUT2D eigenvalue weighted by atomic mass is 9.86. The Bertz CT molecular complexity index is 886. The molecule has 4 heterocycles. The lowest BCUT2D eigenvalue weighted by molar-refractivity contribution is 0.354. The van der Waals surface area contributed by atoms with Crippen molar-refractivity contribution in [2.24, 2.45) is 5.92 Å². The largest absolute Gasteiger partial charge is 0.355 e. The minimum atomic E-state index is 0.424. The smallest absolute Gasteiger partial charge is 0.182 e. The summed E-state index contributed by atoms with van der Waals surface area (Å²) in [6.07, 6.45) is 15.5. The van der Waals surface area contributed by atoms with Gasteiger partial charge in [-0.05, 0) is 25.2 Å². The SMILES string of the molecule is c1nc(N2CCC(n3cc(CC4CCCCC4)nn3)CC2)c2[nH]cnc2n1. The molecule has 0 amide bonds. The van der Waals surface area contributed by atoms with Gasteiger partial charge in [-0.2, -0.15) is 0 Å². The normalized spacial score (nSPS) is 19.8. The van der Waals surface area contributed by atoms with Crippen LogP contribution in [0.5, 0.6) is 0 Å². The fraction of sp³-hybridized carbons (Fsp3) is 0.632. The highest BCUT2D eigenvalue weighted by Gasteiger charge is 2.24. The molecule has 1 N–H and O–H groups in total. The summed E-state index contributed by atoms with van der Waals surface area (Å²) in [5, 5.41) is 8.91.